The Balaban J connectivity index is 1.47. The topological polar surface area (TPSA) is 36.9 Å². The van der Waals surface area contributed by atoms with Crippen LogP contribution in [0.5, 0.6) is 0 Å². The molecule has 2 aliphatic rings. The molecule has 0 aromatic carbocycles. The van der Waals surface area contributed by atoms with Crippen molar-refractivity contribution in [1.82, 2.24) is 0 Å². The molecule has 4 heteroatoms. The summed E-state index contributed by atoms with van der Waals surface area (Å²) in [7, 11) is 0. The third-order valence-corrected chi connectivity index (χ3v) is 3.09. The van der Waals surface area contributed by atoms with Gasteiger partial charge in [0, 0.05) is 26.2 Å². The molecule has 0 saturated carbocycles. The van der Waals surface area contributed by atoms with E-state index in [0.717, 1.165) is 65.3 Å². The molecule has 0 bridgehead atoms. The van der Waals surface area contributed by atoms with Crippen LogP contribution in [0.3, 0.4) is 0 Å². The lowest BCUT2D eigenvalue weighted by atomic mass is 10.0. The van der Waals surface area contributed by atoms with Crippen LogP contribution < -0.4 is 0 Å². The summed E-state index contributed by atoms with van der Waals surface area (Å²) >= 11 is 0. The molecule has 0 aromatic rings. The first-order valence-corrected chi connectivity index (χ1v) is 6.34. The van der Waals surface area contributed by atoms with Gasteiger partial charge in [-0.1, -0.05) is 0 Å². The van der Waals surface area contributed by atoms with Crippen molar-refractivity contribution >= 4 is 0 Å². The predicted molar refractivity (Wildman–Crippen MR) is 59.3 cm³/mol. The maximum atomic E-state index is 5.66. The van der Waals surface area contributed by atoms with E-state index in [-0.39, 0.29) is 6.29 Å². The fourth-order valence-corrected chi connectivity index (χ4v) is 2.05. The molecule has 4 nitrogen and oxygen atoms in total. The van der Waals surface area contributed by atoms with Gasteiger partial charge in [-0.3, -0.25) is 0 Å². The molecule has 0 N–H and O–H groups in total. The Bertz CT molecular complexity index is 154. The van der Waals surface area contributed by atoms with Crippen LogP contribution in [-0.4, -0.2) is 45.9 Å². The van der Waals surface area contributed by atoms with Gasteiger partial charge in [-0.25, -0.2) is 0 Å². The lowest BCUT2D eigenvalue weighted by Crippen LogP contribution is -2.27. The van der Waals surface area contributed by atoms with E-state index in [9.17, 15) is 0 Å². The van der Waals surface area contributed by atoms with Crippen LogP contribution in [0.2, 0.25) is 0 Å². The first kappa shape index (κ1) is 12.3. The molecule has 0 aliphatic carbocycles. The standard InChI is InChI=1S/C12H22O4/c1-5-15-12(16-6-1)4-9-14-10-11-2-7-13-8-3-11/h11-12H,1-10H2. The minimum atomic E-state index is -0.0385. The zero-order chi connectivity index (χ0) is 11.1. The molecule has 0 unspecified atom stereocenters. The van der Waals surface area contributed by atoms with Crippen molar-refractivity contribution in [3.8, 4) is 0 Å². The Morgan fingerprint density at radius 3 is 2.50 bits per heavy atom. The third kappa shape index (κ3) is 4.37. The van der Waals surface area contributed by atoms with Gasteiger partial charge in [-0.2, -0.15) is 0 Å². The third-order valence-electron chi connectivity index (χ3n) is 3.09. The second-order valence-electron chi connectivity index (χ2n) is 4.44. The average molecular weight is 230 g/mol. The van der Waals surface area contributed by atoms with Gasteiger partial charge < -0.3 is 18.9 Å². The van der Waals surface area contributed by atoms with E-state index in [1.54, 1.807) is 0 Å². The monoisotopic (exact) mass is 230 g/mol. The van der Waals surface area contributed by atoms with Crippen LogP contribution in [0.25, 0.3) is 0 Å². The molecule has 2 saturated heterocycles. The molecule has 16 heavy (non-hydrogen) atoms. The average Bonchev–Trinajstić information content (AvgIpc) is 2.37. The van der Waals surface area contributed by atoms with Gasteiger partial charge in [0.2, 0.25) is 0 Å². The van der Waals surface area contributed by atoms with E-state index in [0.29, 0.717) is 5.92 Å². The van der Waals surface area contributed by atoms with Gasteiger partial charge in [-0.15, -0.1) is 0 Å². The second kappa shape index (κ2) is 7.22. The molecular formula is C12H22O4. The summed E-state index contributed by atoms with van der Waals surface area (Å²) in [5.41, 5.74) is 0. The lowest BCUT2D eigenvalue weighted by molar-refractivity contribution is -0.186. The fourth-order valence-electron chi connectivity index (χ4n) is 2.05. The van der Waals surface area contributed by atoms with E-state index in [2.05, 4.69) is 0 Å². The van der Waals surface area contributed by atoms with Gasteiger partial charge in [0.1, 0.15) is 0 Å². The predicted octanol–water partition coefficient (Wildman–Crippen LogP) is 1.58. The molecule has 0 atom stereocenters. The van der Waals surface area contributed by atoms with Gasteiger partial charge in [0.15, 0.2) is 6.29 Å². The van der Waals surface area contributed by atoms with Crippen molar-refractivity contribution in [2.24, 2.45) is 5.92 Å². The van der Waals surface area contributed by atoms with Crippen LogP contribution in [0.1, 0.15) is 25.7 Å². The van der Waals surface area contributed by atoms with Gasteiger partial charge >= 0.3 is 0 Å². The highest BCUT2D eigenvalue weighted by Gasteiger charge is 2.16. The number of hydrogen-bond acceptors (Lipinski definition) is 4. The smallest absolute Gasteiger partial charge is 0.159 e. The van der Waals surface area contributed by atoms with Gasteiger partial charge in [-0.05, 0) is 25.2 Å². The zero-order valence-electron chi connectivity index (χ0n) is 9.86. The molecule has 94 valence electrons. The highest BCUT2D eigenvalue weighted by Crippen LogP contribution is 2.15. The van der Waals surface area contributed by atoms with Crippen molar-refractivity contribution in [2.45, 2.75) is 32.0 Å². The quantitative estimate of drug-likeness (QED) is 0.672. The Morgan fingerprint density at radius 2 is 1.75 bits per heavy atom. The first-order chi connectivity index (χ1) is 7.95. The van der Waals surface area contributed by atoms with E-state index >= 15 is 0 Å². The van der Waals surface area contributed by atoms with Crippen molar-refractivity contribution in [3.05, 3.63) is 0 Å². The summed E-state index contributed by atoms with van der Waals surface area (Å²) in [5.74, 6) is 0.682. The van der Waals surface area contributed by atoms with Gasteiger partial charge in [0.25, 0.3) is 0 Å². The van der Waals surface area contributed by atoms with Crippen LogP contribution in [0.4, 0.5) is 0 Å². The van der Waals surface area contributed by atoms with Crippen LogP contribution in [0, 0.1) is 5.92 Å². The first-order valence-electron chi connectivity index (χ1n) is 6.34. The minimum Gasteiger partial charge on any atom is -0.381 e. The van der Waals surface area contributed by atoms with Gasteiger partial charge in [0.05, 0.1) is 19.8 Å². The molecule has 0 radical (unpaired) electrons. The summed E-state index contributed by atoms with van der Waals surface area (Å²) in [6, 6.07) is 0. The summed E-state index contributed by atoms with van der Waals surface area (Å²) in [6.45, 7) is 5.03. The Morgan fingerprint density at radius 1 is 1.00 bits per heavy atom. The molecule has 0 spiro atoms. The minimum absolute atomic E-state index is 0.0385. The largest absolute Gasteiger partial charge is 0.381 e. The highest BCUT2D eigenvalue weighted by molar-refractivity contribution is 4.62. The van der Waals surface area contributed by atoms with Crippen LogP contribution in [0.15, 0.2) is 0 Å². The number of hydrogen-bond donors (Lipinski definition) is 0. The number of rotatable bonds is 5. The maximum Gasteiger partial charge on any atom is 0.159 e. The van der Waals surface area contributed by atoms with E-state index < -0.39 is 0 Å². The van der Waals surface area contributed by atoms with Crippen LogP contribution in [-0.2, 0) is 18.9 Å². The van der Waals surface area contributed by atoms with E-state index in [4.69, 9.17) is 18.9 Å². The SMILES string of the molecule is C1COC(CCOCC2CCOCC2)OC1. The normalized spacial score (nSPS) is 24.8. The summed E-state index contributed by atoms with van der Waals surface area (Å²) < 4.78 is 21.9. The molecule has 0 aromatic heterocycles. The van der Waals surface area contributed by atoms with Crippen molar-refractivity contribution in [3.63, 3.8) is 0 Å². The molecule has 2 aliphatic heterocycles. The van der Waals surface area contributed by atoms with Crippen LogP contribution >= 0.6 is 0 Å². The second-order valence-corrected chi connectivity index (χ2v) is 4.44. The molecule has 2 heterocycles. The lowest BCUT2D eigenvalue weighted by Gasteiger charge is -2.24. The summed E-state index contributed by atoms with van der Waals surface area (Å²) in [4.78, 5) is 0. The maximum absolute atomic E-state index is 5.66. The molecular weight excluding hydrogens is 208 g/mol. The Labute approximate surface area is 97.2 Å². The zero-order valence-corrected chi connectivity index (χ0v) is 9.86. The van der Waals surface area contributed by atoms with Crippen molar-refractivity contribution in [1.29, 1.82) is 0 Å². The molecule has 0 amide bonds. The summed E-state index contributed by atoms with van der Waals surface area (Å²) in [5, 5.41) is 0. The molecule has 2 fully saturated rings. The summed E-state index contributed by atoms with van der Waals surface area (Å²) in [6.07, 6.45) is 4.10. The highest BCUT2D eigenvalue weighted by atomic mass is 16.7. The van der Waals surface area contributed by atoms with E-state index in [1.807, 2.05) is 0 Å². The number of ether oxygens (including phenoxy) is 4. The van der Waals surface area contributed by atoms with Crippen molar-refractivity contribution in [2.75, 3.05) is 39.6 Å². The fraction of sp³-hybridized carbons (Fsp3) is 1.00. The van der Waals surface area contributed by atoms with E-state index in [1.165, 1.54) is 0 Å². The van der Waals surface area contributed by atoms with Crippen molar-refractivity contribution < 1.29 is 18.9 Å². The Kier molecular flexibility index (Phi) is 5.55. The Hall–Kier alpha value is -0.160. The molecule has 2 rings (SSSR count).